The number of aromatic nitrogens is 3. The number of hydrogen-bond donors (Lipinski definition) is 4. The van der Waals surface area contributed by atoms with Gasteiger partial charge in [-0.25, -0.2) is 9.59 Å². The van der Waals surface area contributed by atoms with Gasteiger partial charge >= 0.3 is 12.1 Å². The van der Waals surface area contributed by atoms with Gasteiger partial charge in [-0.05, 0) is 22.3 Å². The van der Waals surface area contributed by atoms with Crippen molar-refractivity contribution in [2.75, 3.05) is 25.0 Å². The number of rotatable bonds is 5. The van der Waals surface area contributed by atoms with Crippen LogP contribution in [0.5, 0.6) is 0 Å². The molecular weight excluding hydrogens is 454 g/mol. The van der Waals surface area contributed by atoms with Gasteiger partial charge < -0.3 is 19.8 Å². The second kappa shape index (κ2) is 8.84. The zero-order valence-corrected chi connectivity index (χ0v) is 18.6. The fourth-order valence-electron chi connectivity index (χ4n) is 4.58. The summed E-state index contributed by atoms with van der Waals surface area (Å²) in [6.07, 6.45) is -0.936. The Morgan fingerprint density at radius 2 is 1.66 bits per heavy atom. The predicted octanol–water partition coefficient (Wildman–Crippen LogP) is 2.22. The largest absolute Gasteiger partial charge is 0.479 e. The van der Waals surface area contributed by atoms with Crippen molar-refractivity contribution in [1.82, 2.24) is 20.1 Å². The Balaban J connectivity index is 1.18. The number of ether oxygens (including phenoxy) is 1. The van der Waals surface area contributed by atoms with Crippen molar-refractivity contribution in [1.29, 1.82) is 0 Å². The summed E-state index contributed by atoms with van der Waals surface area (Å²) >= 11 is 0. The third-order valence-electron chi connectivity index (χ3n) is 6.52. The van der Waals surface area contributed by atoms with Crippen LogP contribution in [0.25, 0.3) is 11.1 Å². The number of benzene rings is 2. The second-order valence-corrected chi connectivity index (χ2v) is 8.59. The highest BCUT2D eigenvalue weighted by molar-refractivity contribution is 5.92. The first-order valence-corrected chi connectivity index (χ1v) is 11.2. The Hall–Kier alpha value is -4.25. The van der Waals surface area contributed by atoms with Crippen molar-refractivity contribution in [3.63, 3.8) is 0 Å². The number of fused-ring (bicyclic) bond motifs is 3. The van der Waals surface area contributed by atoms with Crippen LogP contribution in [0.1, 0.15) is 40.5 Å². The molecule has 1 aromatic heterocycles. The quantitative estimate of drug-likeness (QED) is 0.436. The number of anilines is 1. The molecule has 3 aromatic rings. The van der Waals surface area contributed by atoms with Gasteiger partial charge in [0.05, 0.1) is 0 Å². The summed E-state index contributed by atoms with van der Waals surface area (Å²) in [7, 11) is 0. The molecule has 180 valence electrons. The van der Waals surface area contributed by atoms with Crippen molar-refractivity contribution in [2.45, 2.75) is 24.4 Å². The number of H-pyrrole nitrogens is 1. The molecule has 35 heavy (non-hydrogen) atoms. The number of carboxylic acid groups (broad SMARTS) is 1. The Bertz CT molecular complexity index is 1250. The summed E-state index contributed by atoms with van der Waals surface area (Å²) in [5.41, 5.74) is 2.57. The maximum atomic E-state index is 12.6. The van der Waals surface area contributed by atoms with E-state index in [0.29, 0.717) is 0 Å². The average Bonchev–Trinajstić information content (AvgIpc) is 3.45. The molecule has 0 unspecified atom stereocenters. The first-order chi connectivity index (χ1) is 16.9. The highest BCUT2D eigenvalue weighted by Crippen LogP contribution is 2.44. The molecule has 0 spiro atoms. The Kier molecular flexibility index (Phi) is 5.69. The van der Waals surface area contributed by atoms with E-state index in [0.717, 1.165) is 22.3 Å². The molecule has 11 nitrogen and oxygen atoms in total. The van der Waals surface area contributed by atoms with E-state index in [1.807, 2.05) is 48.5 Å². The Labute approximate surface area is 199 Å². The van der Waals surface area contributed by atoms with Gasteiger partial charge in [0.1, 0.15) is 6.61 Å². The molecule has 2 heterocycles. The standard InChI is InChI=1S/C24H23N5O6/c30-20(29-11-9-24(34,10-12-29)21(31)32)19-25-22(28-27-19)26-23(33)35-13-18-16-7-3-1-5-14(16)15-6-2-4-8-17(15)18/h1-8,18,34H,9-13H2,(H,31,32)(H2,25,26,27,28,33). The highest BCUT2D eigenvalue weighted by Gasteiger charge is 2.41. The van der Waals surface area contributed by atoms with Crippen LogP contribution in [0.4, 0.5) is 10.7 Å². The van der Waals surface area contributed by atoms with Crippen molar-refractivity contribution in [2.24, 2.45) is 0 Å². The lowest BCUT2D eigenvalue weighted by Crippen LogP contribution is -2.51. The average molecular weight is 477 g/mol. The van der Waals surface area contributed by atoms with Crippen molar-refractivity contribution < 1.29 is 29.3 Å². The molecule has 1 aliphatic heterocycles. The molecule has 1 aliphatic carbocycles. The van der Waals surface area contributed by atoms with E-state index < -0.39 is 23.6 Å². The Morgan fingerprint density at radius 1 is 1.06 bits per heavy atom. The predicted molar refractivity (Wildman–Crippen MR) is 123 cm³/mol. The van der Waals surface area contributed by atoms with Crippen LogP contribution in [0.2, 0.25) is 0 Å². The number of nitrogens with zero attached hydrogens (tertiary/aromatic N) is 3. The molecule has 11 heteroatoms. The molecule has 0 bridgehead atoms. The number of amides is 2. The minimum Gasteiger partial charge on any atom is -0.479 e. The molecule has 1 fully saturated rings. The zero-order valence-electron chi connectivity index (χ0n) is 18.6. The number of carbonyl (C=O) groups is 3. The van der Waals surface area contributed by atoms with E-state index in [-0.39, 0.29) is 50.2 Å². The van der Waals surface area contributed by atoms with Gasteiger partial charge in [0.25, 0.3) is 11.9 Å². The molecule has 5 rings (SSSR count). The van der Waals surface area contributed by atoms with Crippen LogP contribution in [0.3, 0.4) is 0 Å². The van der Waals surface area contributed by atoms with Crippen LogP contribution in [0.15, 0.2) is 48.5 Å². The minimum atomic E-state index is -1.84. The third kappa shape index (κ3) is 4.21. The monoisotopic (exact) mass is 477 g/mol. The maximum absolute atomic E-state index is 12.6. The van der Waals surface area contributed by atoms with Crippen LogP contribution in [-0.2, 0) is 9.53 Å². The van der Waals surface area contributed by atoms with Crippen molar-refractivity contribution in [3.8, 4) is 11.1 Å². The summed E-state index contributed by atoms with van der Waals surface area (Å²) in [5, 5.41) is 27.9. The number of aliphatic hydroxyl groups is 1. The fraction of sp³-hybridized carbons (Fsp3) is 0.292. The van der Waals surface area contributed by atoms with E-state index in [4.69, 9.17) is 9.84 Å². The number of carbonyl (C=O) groups excluding carboxylic acids is 2. The fourth-order valence-corrected chi connectivity index (χ4v) is 4.58. The first kappa shape index (κ1) is 22.5. The summed E-state index contributed by atoms with van der Waals surface area (Å²) < 4.78 is 5.45. The number of likely N-dealkylation sites (tertiary alicyclic amines) is 1. The van der Waals surface area contributed by atoms with Crippen molar-refractivity contribution in [3.05, 3.63) is 65.5 Å². The van der Waals surface area contributed by atoms with Crippen LogP contribution < -0.4 is 5.32 Å². The van der Waals surface area contributed by atoms with E-state index >= 15 is 0 Å². The van der Waals surface area contributed by atoms with Crippen molar-refractivity contribution >= 4 is 23.9 Å². The number of aromatic amines is 1. The van der Waals surface area contributed by atoms with Gasteiger partial charge in [-0.3, -0.25) is 15.2 Å². The SMILES string of the molecule is O=C(Nc1n[nH]c(C(=O)N2CCC(O)(C(=O)O)CC2)n1)OCC1c2ccccc2-c2ccccc21. The lowest BCUT2D eigenvalue weighted by molar-refractivity contribution is -0.162. The van der Waals surface area contributed by atoms with Gasteiger partial charge in [-0.1, -0.05) is 48.5 Å². The van der Waals surface area contributed by atoms with Gasteiger partial charge in [-0.15, -0.1) is 5.10 Å². The minimum absolute atomic E-state index is 0.0530. The third-order valence-corrected chi connectivity index (χ3v) is 6.52. The summed E-state index contributed by atoms with van der Waals surface area (Å²) in [4.78, 5) is 41.6. The number of aliphatic carboxylic acids is 1. The van der Waals surface area contributed by atoms with E-state index in [1.165, 1.54) is 4.90 Å². The lowest BCUT2D eigenvalue weighted by Gasteiger charge is -2.34. The van der Waals surface area contributed by atoms with Gasteiger partial charge in [0.2, 0.25) is 5.82 Å². The van der Waals surface area contributed by atoms with Gasteiger partial charge in [-0.2, -0.15) is 4.98 Å². The molecule has 2 aliphatic rings. The van der Waals surface area contributed by atoms with Crippen LogP contribution in [-0.4, -0.2) is 73.6 Å². The normalized spacial score (nSPS) is 16.3. The number of hydrogen-bond acceptors (Lipinski definition) is 7. The molecule has 4 N–H and O–H groups in total. The highest BCUT2D eigenvalue weighted by atomic mass is 16.5. The van der Waals surface area contributed by atoms with Crippen LogP contribution >= 0.6 is 0 Å². The Morgan fingerprint density at radius 3 is 2.26 bits per heavy atom. The van der Waals surface area contributed by atoms with Gasteiger partial charge in [0.15, 0.2) is 5.60 Å². The molecular formula is C24H23N5O6. The summed E-state index contributed by atoms with van der Waals surface area (Å²) in [6, 6.07) is 16.0. The molecule has 0 radical (unpaired) electrons. The molecule has 1 saturated heterocycles. The smallest absolute Gasteiger partial charge is 0.414 e. The lowest BCUT2D eigenvalue weighted by atomic mass is 9.91. The number of piperidine rings is 1. The van der Waals surface area contributed by atoms with E-state index in [1.54, 1.807) is 0 Å². The number of carboxylic acids is 1. The van der Waals surface area contributed by atoms with E-state index in [9.17, 15) is 19.5 Å². The maximum Gasteiger partial charge on any atom is 0.414 e. The molecule has 2 aromatic carbocycles. The number of nitrogens with one attached hydrogen (secondary N) is 2. The van der Waals surface area contributed by atoms with Gasteiger partial charge in [0, 0.05) is 31.8 Å². The van der Waals surface area contributed by atoms with Crippen LogP contribution in [0, 0.1) is 0 Å². The van der Waals surface area contributed by atoms with E-state index in [2.05, 4.69) is 20.5 Å². The zero-order chi connectivity index (χ0) is 24.6. The topological polar surface area (TPSA) is 158 Å². The first-order valence-electron chi connectivity index (χ1n) is 11.2. The summed E-state index contributed by atoms with van der Waals surface area (Å²) in [5.74, 6) is -2.14. The second-order valence-electron chi connectivity index (χ2n) is 8.59. The molecule has 0 atom stereocenters. The summed E-state index contributed by atoms with van der Waals surface area (Å²) in [6.45, 7) is 0.227. The molecule has 0 saturated carbocycles. The molecule has 2 amide bonds.